The molecule has 8 heteroatoms. The van der Waals surface area contributed by atoms with Gasteiger partial charge < -0.3 is 5.32 Å². The second-order valence-electron chi connectivity index (χ2n) is 7.71. The second-order valence-corrected chi connectivity index (χ2v) is 9.06. The number of piperidine rings is 1. The summed E-state index contributed by atoms with van der Waals surface area (Å²) in [4.78, 5) is 14.9. The average molecular weight is 456 g/mol. The van der Waals surface area contributed by atoms with Crippen molar-refractivity contribution in [3.8, 4) is 5.69 Å². The minimum absolute atomic E-state index is 0.106. The zero-order valence-corrected chi connectivity index (χ0v) is 19.1. The predicted molar refractivity (Wildman–Crippen MR) is 126 cm³/mol. The maximum Gasteiger partial charge on any atom is 0.234 e. The van der Waals surface area contributed by atoms with Gasteiger partial charge in [-0.15, -0.1) is 10.2 Å². The summed E-state index contributed by atoms with van der Waals surface area (Å²) in [6.07, 6.45) is 3.75. The first-order chi connectivity index (χ1) is 15.1. The van der Waals surface area contributed by atoms with Crippen LogP contribution in [-0.2, 0) is 11.3 Å². The monoisotopic (exact) mass is 455 g/mol. The van der Waals surface area contributed by atoms with Crippen LogP contribution in [0.1, 0.15) is 30.7 Å². The van der Waals surface area contributed by atoms with Gasteiger partial charge in [0.1, 0.15) is 0 Å². The highest BCUT2D eigenvalue weighted by Crippen LogP contribution is 2.25. The number of para-hydroxylation sites is 1. The van der Waals surface area contributed by atoms with E-state index in [0.29, 0.717) is 10.7 Å². The highest BCUT2D eigenvalue weighted by atomic mass is 35.5. The first-order valence-corrected chi connectivity index (χ1v) is 11.9. The Labute approximate surface area is 192 Å². The SMILES string of the molecule is Cc1ccc(NC(=O)CSc2nnc(CN3CCCCC3)n2-c2ccccc2)cc1Cl. The summed E-state index contributed by atoms with van der Waals surface area (Å²) < 4.78 is 2.06. The summed E-state index contributed by atoms with van der Waals surface area (Å²) in [6.45, 7) is 4.87. The van der Waals surface area contributed by atoms with E-state index in [4.69, 9.17) is 11.6 Å². The highest BCUT2D eigenvalue weighted by Gasteiger charge is 2.19. The lowest BCUT2D eigenvalue weighted by atomic mass is 10.1. The van der Waals surface area contributed by atoms with Gasteiger partial charge in [-0.3, -0.25) is 14.3 Å². The molecule has 2 aromatic carbocycles. The van der Waals surface area contributed by atoms with Gasteiger partial charge in [0.15, 0.2) is 11.0 Å². The van der Waals surface area contributed by atoms with Crippen molar-refractivity contribution >= 4 is 35.0 Å². The molecule has 2 heterocycles. The fourth-order valence-electron chi connectivity index (χ4n) is 3.65. The molecule has 0 bridgehead atoms. The molecule has 1 saturated heterocycles. The topological polar surface area (TPSA) is 63.1 Å². The van der Waals surface area contributed by atoms with E-state index in [9.17, 15) is 4.79 Å². The van der Waals surface area contributed by atoms with Crippen molar-refractivity contribution in [2.24, 2.45) is 0 Å². The van der Waals surface area contributed by atoms with Crippen LogP contribution in [0.5, 0.6) is 0 Å². The van der Waals surface area contributed by atoms with Crippen molar-refractivity contribution in [3.05, 3.63) is 64.9 Å². The number of halogens is 1. The molecule has 0 saturated carbocycles. The van der Waals surface area contributed by atoms with Gasteiger partial charge in [-0.1, -0.05) is 54.0 Å². The van der Waals surface area contributed by atoms with E-state index in [1.165, 1.54) is 31.0 Å². The van der Waals surface area contributed by atoms with Gasteiger partial charge in [0.2, 0.25) is 5.91 Å². The molecule has 1 fully saturated rings. The average Bonchev–Trinajstić information content (AvgIpc) is 3.18. The molecule has 6 nitrogen and oxygen atoms in total. The smallest absolute Gasteiger partial charge is 0.234 e. The number of hydrogen-bond donors (Lipinski definition) is 1. The molecule has 0 atom stereocenters. The minimum Gasteiger partial charge on any atom is -0.325 e. The number of amides is 1. The molecule has 4 rings (SSSR count). The van der Waals surface area contributed by atoms with Crippen molar-refractivity contribution < 1.29 is 4.79 Å². The number of aryl methyl sites for hydroxylation is 1. The van der Waals surface area contributed by atoms with Crippen LogP contribution in [0.25, 0.3) is 5.69 Å². The van der Waals surface area contributed by atoms with Crippen LogP contribution in [0, 0.1) is 6.92 Å². The number of nitrogens with one attached hydrogen (secondary N) is 1. The first-order valence-electron chi connectivity index (χ1n) is 10.5. The Morgan fingerprint density at radius 3 is 2.61 bits per heavy atom. The van der Waals surface area contributed by atoms with Crippen molar-refractivity contribution in [1.82, 2.24) is 19.7 Å². The molecule has 0 radical (unpaired) electrons. The van der Waals surface area contributed by atoms with Gasteiger partial charge in [0.05, 0.1) is 12.3 Å². The zero-order chi connectivity index (χ0) is 21.6. The molecule has 0 unspecified atom stereocenters. The van der Waals surface area contributed by atoms with Gasteiger partial charge in [-0.25, -0.2) is 0 Å². The third kappa shape index (κ3) is 5.67. The number of nitrogens with zero attached hydrogens (tertiary/aromatic N) is 4. The molecular weight excluding hydrogens is 430 g/mol. The zero-order valence-electron chi connectivity index (χ0n) is 17.6. The summed E-state index contributed by atoms with van der Waals surface area (Å²) in [7, 11) is 0. The number of benzene rings is 2. The molecule has 162 valence electrons. The van der Waals surface area contributed by atoms with Crippen molar-refractivity contribution in [1.29, 1.82) is 0 Å². The minimum atomic E-state index is -0.106. The lowest BCUT2D eigenvalue weighted by Crippen LogP contribution is -2.30. The molecule has 1 amide bonds. The highest BCUT2D eigenvalue weighted by molar-refractivity contribution is 7.99. The summed E-state index contributed by atoms with van der Waals surface area (Å²) >= 11 is 7.54. The fourth-order valence-corrected chi connectivity index (χ4v) is 4.60. The molecule has 3 aromatic rings. The third-order valence-corrected chi connectivity index (χ3v) is 6.65. The van der Waals surface area contributed by atoms with Crippen LogP contribution in [0.15, 0.2) is 53.7 Å². The molecule has 0 aliphatic carbocycles. The van der Waals surface area contributed by atoms with Crippen LogP contribution < -0.4 is 5.32 Å². The normalized spacial score (nSPS) is 14.5. The molecule has 0 spiro atoms. The van der Waals surface area contributed by atoms with Crippen molar-refractivity contribution in [3.63, 3.8) is 0 Å². The summed E-state index contributed by atoms with van der Waals surface area (Å²) in [5.74, 6) is 1.03. The Bertz CT molecular complexity index is 1030. The number of carbonyl (C=O) groups excluding carboxylic acids is 1. The van der Waals surface area contributed by atoms with Crippen LogP contribution >= 0.6 is 23.4 Å². The number of rotatable bonds is 7. The van der Waals surface area contributed by atoms with E-state index in [2.05, 4.69) is 25.0 Å². The molecule has 1 aromatic heterocycles. The van der Waals surface area contributed by atoms with Gasteiger partial charge in [0, 0.05) is 16.4 Å². The maximum atomic E-state index is 12.5. The number of aromatic nitrogens is 3. The fraction of sp³-hybridized carbons (Fsp3) is 0.348. The van der Waals surface area contributed by atoms with Crippen molar-refractivity contribution in [2.45, 2.75) is 37.9 Å². The summed E-state index contributed by atoms with van der Waals surface area (Å²) in [5.41, 5.74) is 2.68. The number of carbonyl (C=O) groups is 1. The Morgan fingerprint density at radius 2 is 1.87 bits per heavy atom. The maximum absolute atomic E-state index is 12.5. The Balaban J connectivity index is 1.48. The van der Waals surface area contributed by atoms with E-state index >= 15 is 0 Å². The van der Waals surface area contributed by atoms with E-state index in [0.717, 1.165) is 41.9 Å². The molecule has 31 heavy (non-hydrogen) atoms. The second kappa shape index (κ2) is 10.3. The Hall–Kier alpha value is -2.35. The number of anilines is 1. The quantitative estimate of drug-likeness (QED) is 0.511. The third-order valence-electron chi connectivity index (χ3n) is 5.32. The number of likely N-dealkylation sites (tertiary alicyclic amines) is 1. The molecular formula is C23H26ClN5OS. The molecule has 1 aliphatic rings. The lowest BCUT2D eigenvalue weighted by Gasteiger charge is -2.26. The Kier molecular flexibility index (Phi) is 7.27. The lowest BCUT2D eigenvalue weighted by molar-refractivity contribution is -0.113. The molecule has 1 N–H and O–H groups in total. The van der Waals surface area contributed by atoms with Gasteiger partial charge in [0.25, 0.3) is 0 Å². The van der Waals surface area contributed by atoms with Gasteiger partial charge in [-0.05, 0) is 62.7 Å². The van der Waals surface area contributed by atoms with Crippen LogP contribution in [0.4, 0.5) is 5.69 Å². The van der Waals surface area contributed by atoms with E-state index < -0.39 is 0 Å². The number of thioether (sulfide) groups is 1. The van der Waals surface area contributed by atoms with Gasteiger partial charge >= 0.3 is 0 Å². The summed E-state index contributed by atoms with van der Waals surface area (Å²) in [6, 6.07) is 15.6. The standard InChI is InChI=1S/C23H26ClN5OS/c1-17-10-11-18(14-20(17)24)25-22(30)16-31-23-27-26-21(15-28-12-6-3-7-13-28)29(23)19-8-4-2-5-9-19/h2,4-5,8-11,14H,3,6-7,12-13,15-16H2,1H3,(H,25,30). The largest absolute Gasteiger partial charge is 0.325 e. The van der Waals surface area contributed by atoms with E-state index in [-0.39, 0.29) is 11.7 Å². The van der Waals surface area contributed by atoms with Crippen LogP contribution in [0.2, 0.25) is 5.02 Å². The van der Waals surface area contributed by atoms with Crippen LogP contribution in [-0.4, -0.2) is 44.4 Å². The van der Waals surface area contributed by atoms with Gasteiger partial charge in [-0.2, -0.15) is 0 Å². The first kappa shape index (κ1) is 21.9. The predicted octanol–water partition coefficient (Wildman–Crippen LogP) is 4.95. The Morgan fingerprint density at radius 1 is 1.10 bits per heavy atom. The molecule has 1 aliphatic heterocycles. The van der Waals surface area contributed by atoms with E-state index in [1.54, 1.807) is 6.07 Å². The van der Waals surface area contributed by atoms with Crippen LogP contribution in [0.3, 0.4) is 0 Å². The summed E-state index contributed by atoms with van der Waals surface area (Å²) in [5, 5.41) is 13.1. The van der Waals surface area contributed by atoms with E-state index in [1.807, 2.05) is 49.4 Å². The van der Waals surface area contributed by atoms with Crippen molar-refractivity contribution in [2.75, 3.05) is 24.2 Å². The number of hydrogen-bond acceptors (Lipinski definition) is 5.